The first kappa shape index (κ1) is 34.7. The number of para-hydroxylation sites is 2. The molecule has 1 unspecified atom stereocenters. The van der Waals surface area contributed by atoms with Gasteiger partial charge in [-0.15, -0.1) is 0 Å². The van der Waals surface area contributed by atoms with Crippen LogP contribution in [0.2, 0.25) is 0 Å². The molecule has 0 aliphatic rings. The fourth-order valence-electron chi connectivity index (χ4n) is 4.98. The molecule has 46 heavy (non-hydrogen) atoms. The molecule has 0 aliphatic heterocycles. The molecule has 1 atom stereocenters. The highest BCUT2D eigenvalue weighted by Gasteiger charge is 2.36. The van der Waals surface area contributed by atoms with Crippen LogP contribution in [0.15, 0.2) is 112 Å². The number of carbonyl (C=O) groups is 2. The van der Waals surface area contributed by atoms with Crippen molar-refractivity contribution < 1.29 is 22.7 Å². The van der Waals surface area contributed by atoms with E-state index in [1.54, 1.807) is 36.4 Å². The number of sulfonamides is 1. The first-order valence-electron chi connectivity index (χ1n) is 14.9. The Bertz CT molecular complexity index is 1740. The van der Waals surface area contributed by atoms with Crippen LogP contribution in [-0.2, 0) is 32.6 Å². The number of rotatable bonds is 12. The molecule has 242 valence electrons. The predicted molar refractivity (Wildman–Crippen MR) is 185 cm³/mol. The summed E-state index contributed by atoms with van der Waals surface area (Å²) in [5.41, 5.74) is 2.17. The number of ether oxygens (including phenoxy) is 1. The van der Waals surface area contributed by atoms with Crippen LogP contribution in [0.3, 0.4) is 0 Å². The van der Waals surface area contributed by atoms with Gasteiger partial charge < -0.3 is 15.0 Å². The van der Waals surface area contributed by atoms with Gasteiger partial charge in [0.15, 0.2) is 0 Å². The van der Waals surface area contributed by atoms with Crippen LogP contribution in [-0.4, -0.2) is 50.4 Å². The molecule has 10 heteroatoms. The number of benzene rings is 4. The Labute approximate surface area is 280 Å². The highest BCUT2D eigenvalue weighted by Crippen LogP contribution is 2.33. The van der Waals surface area contributed by atoms with Crippen molar-refractivity contribution in [2.75, 3.05) is 18.0 Å². The normalized spacial score (nSPS) is 12.2. The van der Waals surface area contributed by atoms with Gasteiger partial charge in [-0.05, 0) is 75.2 Å². The smallest absolute Gasteiger partial charge is 0.264 e. The molecule has 0 heterocycles. The maximum atomic E-state index is 14.6. The summed E-state index contributed by atoms with van der Waals surface area (Å²) in [5, 5.41) is 3.04. The van der Waals surface area contributed by atoms with E-state index in [-0.39, 0.29) is 35.2 Å². The number of hydrogen-bond donors (Lipinski definition) is 1. The van der Waals surface area contributed by atoms with Gasteiger partial charge >= 0.3 is 0 Å². The molecule has 0 aromatic heterocycles. The molecule has 4 rings (SSSR count). The van der Waals surface area contributed by atoms with Gasteiger partial charge in [-0.2, -0.15) is 0 Å². The van der Waals surface area contributed by atoms with Crippen LogP contribution in [0.5, 0.6) is 5.75 Å². The van der Waals surface area contributed by atoms with Gasteiger partial charge in [0.05, 0.1) is 17.7 Å². The fraction of sp³-hybridized carbons (Fsp3) is 0.278. The number of nitrogens with zero attached hydrogens (tertiary/aromatic N) is 2. The van der Waals surface area contributed by atoms with E-state index in [1.807, 2.05) is 82.3 Å². The number of amides is 2. The lowest BCUT2D eigenvalue weighted by Gasteiger charge is -2.35. The van der Waals surface area contributed by atoms with Crippen LogP contribution < -0.4 is 14.4 Å². The summed E-state index contributed by atoms with van der Waals surface area (Å²) >= 11 is 3.46. The molecule has 0 fully saturated rings. The maximum absolute atomic E-state index is 14.6. The Morgan fingerprint density at radius 2 is 1.46 bits per heavy atom. The molecule has 1 N–H and O–H groups in total. The summed E-state index contributed by atoms with van der Waals surface area (Å²) in [7, 11) is -2.80. The first-order valence-corrected chi connectivity index (χ1v) is 17.1. The van der Waals surface area contributed by atoms with Crippen LogP contribution in [0.25, 0.3) is 0 Å². The number of anilines is 1. The van der Waals surface area contributed by atoms with Gasteiger partial charge in [0.25, 0.3) is 10.0 Å². The van der Waals surface area contributed by atoms with Crippen molar-refractivity contribution in [1.29, 1.82) is 0 Å². The molecule has 4 aromatic carbocycles. The Hall–Kier alpha value is -4.15. The van der Waals surface area contributed by atoms with Gasteiger partial charge in [0.1, 0.15) is 18.3 Å². The lowest BCUT2D eigenvalue weighted by Crippen LogP contribution is -2.56. The summed E-state index contributed by atoms with van der Waals surface area (Å²) in [6, 6.07) is 29.1. The predicted octanol–water partition coefficient (Wildman–Crippen LogP) is 6.52. The summed E-state index contributed by atoms with van der Waals surface area (Å²) in [6.07, 6.45) is 0.227. The summed E-state index contributed by atoms with van der Waals surface area (Å²) in [4.78, 5) is 30.1. The van der Waals surface area contributed by atoms with Gasteiger partial charge in [0.2, 0.25) is 11.8 Å². The Morgan fingerprint density at radius 1 is 0.848 bits per heavy atom. The van der Waals surface area contributed by atoms with Crippen LogP contribution in [0, 0.1) is 6.92 Å². The third-order valence-corrected chi connectivity index (χ3v) is 9.58. The van der Waals surface area contributed by atoms with Gasteiger partial charge in [0, 0.05) is 23.0 Å². The Kier molecular flexibility index (Phi) is 11.3. The maximum Gasteiger partial charge on any atom is 0.264 e. The minimum atomic E-state index is -4.25. The topological polar surface area (TPSA) is 96.0 Å². The van der Waals surface area contributed by atoms with Gasteiger partial charge in [-0.25, -0.2) is 8.42 Å². The number of nitrogens with one attached hydrogen (secondary N) is 1. The quantitative estimate of drug-likeness (QED) is 0.181. The Morgan fingerprint density at radius 3 is 2.07 bits per heavy atom. The standard InChI is InChI=1S/C36H40BrN3O5S/c1-26-15-21-30(22-16-26)46(43,44)40(31-13-9-10-14-33(31)45-5)25-34(41)39(24-28-17-19-29(37)20-18-28)32(35(42)38-36(2,3)4)23-27-11-7-6-8-12-27/h6-22,32H,23-25H2,1-5H3,(H,38,42). The second-order valence-corrected chi connectivity index (χ2v) is 14.9. The second kappa shape index (κ2) is 15.0. The molecule has 0 bridgehead atoms. The van der Waals surface area contributed by atoms with Crippen LogP contribution >= 0.6 is 15.9 Å². The van der Waals surface area contributed by atoms with E-state index in [2.05, 4.69) is 21.2 Å². The summed E-state index contributed by atoms with van der Waals surface area (Å²) in [6.45, 7) is 7.01. The van der Waals surface area contributed by atoms with E-state index < -0.39 is 34.1 Å². The van der Waals surface area contributed by atoms with E-state index in [0.29, 0.717) is 0 Å². The highest BCUT2D eigenvalue weighted by molar-refractivity contribution is 9.10. The van der Waals surface area contributed by atoms with Gasteiger partial charge in [-0.1, -0.05) is 88.2 Å². The van der Waals surface area contributed by atoms with E-state index in [0.717, 1.165) is 25.5 Å². The van der Waals surface area contributed by atoms with Crippen molar-refractivity contribution in [2.45, 2.75) is 57.1 Å². The summed E-state index contributed by atoms with van der Waals surface area (Å²) in [5.74, 6) is -0.599. The van der Waals surface area contributed by atoms with E-state index in [9.17, 15) is 18.0 Å². The molecular weight excluding hydrogens is 666 g/mol. The zero-order valence-electron chi connectivity index (χ0n) is 26.7. The highest BCUT2D eigenvalue weighted by atomic mass is 79.9. The number of hydrogen-bond acceptors (Lipinski definition) is 5. The third kappa shape index (κ3) is 8.98. The SMILES string of the molecule is COc1ccccc1N(CC(=O)N(Cc1ccc(Br)cc1)C(Cc1ccccc1)C(=O)NC(C)(C)C)S(=O)(=O)c1ccc(C)cc1. The van der Waals surface area contributed by atoms with E-state index >= 15 is 0 Å². The summed E-state index contributed by atoms with van der Waals surface area (Å²) < 4.78 is 36.0. The minimum absolute atomic E-state index is 0.0302. The zero-order valence-corrected chi connectivity index (χ0v) is 29.1. The molecule has 0 spiro atoms. The van der Waals surface area contributed by atoms with Crippen molar-refractivity contribution in [2.24, 2.45) is 0 Å². The lowest BCUT2D eigenvalue weighted by molar-refractivity contribution is -0.140. The zero-order chi connectivity index (χ0) is 33.5. The fourth-order valence-corrected chi connectivity index (χ4v) is 6.67. The second-order valence-electron chi connectivity index (χ2n) is 12.1. The average Bonchev–Trinajstić information content (AvgIpc) is 3.02. The molecule has 4 aromatic rings. The molecule has 2 amide bonds. The molecule has 0 aliphatic carbocycles. The molecule has 0 saturated heterocycles. The minimum Gasteiger partial charge on any atom is -0.495 e. The molecule has 8 nitrogen and oxygen atoms in total. The number of methoxy groups -OCH3 is 1. The molecular formula is C36H40BrN3O5S. The number of carbonyl (C=O) groups excluding carboxylic acids is 2. The first-order chi connectivity index (χ1) is 21.8. The number of halogens is 1. The van der Waals surface area contributed by atoms with Crippen LogP contribution in [0.4, 0.5) is 5.69 Å². The van der Waals surface area contributed by atoms with Gasteiger partial charge in [-0.3, -0.25) is 13.9 Å². The lowest BCUT2D eigenvalue weighted by atomic mass is 10.0. The van der Waals surface area contributed by atoms with Crippen molar-refractivity contribution in [3.63, 3.8) is 0 Å². The van der Waals surface area contributed by atoms with Crippen molar-refractivity contribution in [1.82, 2.24) is 10.2 Å². The Balaban J connectivity index is 1.84. The largest absolute Gasteiger partial charge is 0.495 e. The average molecular weight is 707 g/mol. The van der Waals surface area contributed by atoms with Crippen molar-refractivity contribution in [3.8, 4) is 5.75 Å². The van der Waals surface area contributed by atoms with E-state index in [4.69, 9.17) is 4.74 Å². The monoisotopic (exact) mass is 705 g/mol. The molecule has 0 saturated carbocycles. The van der Waals surface area contributed by atoms with Crippen molar-refractivity contribution >= 4 is 43.5 Å². The van der Waals surface area contributed by atoms with Crippen LogP contribution in [0.1, 0.15) is 37.5 Å². The van der Waals surface area contributed by atoms with Crippen molar-refractivity contribution in [3.05, 3.63) is 124 Å². The molecule has 0 radical (unpaired) electrons. The number of aryl methyl sites for hydroxylation is 1. The van der Waals surface area contributed by atoms with E-state index in [1.165, 1.54) is 24.1 Å². The third-order valence-electron chi connectivity index (χ3n) is 7.28.